The zero-order valence-corrected chi connectivity index (χ0v) is 11.6. The van der Waals surface area contributed by atoms with Crippen LogP contribution in [0, 0.1) is 6.92 Å². The van der Waals surface area contributed by atoms with Crippen LogP contribution in [-0.2, 0) is 13.6 Å². The highest BCUT2D eigenvalue weighted by molar-refractivity contribution is 5.07. The van der Waals surface area contributed by atoms with Crippen molar-refractivity contribution in [1.29, 1.82) is 0 Å². The number of aromatic nitrogens is 4. The van der Waals surface area contributed by atoms with Gasteiger partial charge in [0, 0.05) is 49.7 Å². The third-order valence-electron chi connectivity index (χ3n) is 3.78. The Morgan fingerprint density at radius 1 is 1.42 bits per heavy atom. The van der Waals surface area contributed by atoms with Crippen LogP contribution in [0.2, 0.25) is 0 Å². The maximum absolute atomic E-state index is 4.49. The molecule has 1 atom stereocenters. The van der Waals surface area contributed by atoms with Crippen LogP contribution in [0.4, 0.5) is 0 Å². The van der Waals surface area contributed by atoms with Gasteiger partial charge in [0.15, 0.2) is 0 Å². The SMILES string of the molecule is Cc1cnc([C@H]2CCCN(Cc3cnn(C)c3)C2)[nH]1. The Bertz CT molecular complexity index is 542. The monoisotopic (exact) mass is 259 g/mol. The van der Waals surface area contributed by atoms with Crippen LogP contribution in [0.3, 0.4) is 0 Å². The van der Waals surface area contributed by atoms with E-state index in [0.717, 1.165) is 24.6 Å². The first-order valence-electron chi connectivity index (χ1n) is 6.92. The number of nitrogens with one attached hydrogen (secondary N) is 1. The predicted octanol–water partition coefficient (Wildman–Crippen LogP) is 1.83. The van der Waals surface area contributed by atoms with E-state index < -0.39 is 0 Å². The molecule has 3 rings (SSSR count). The molecule has 0 unspecified atom stereocenters. The topological polar surface area (TPSA) is 49.7 Å². The second-order valence-electron chi connectivity index (χ2n) is 5.55. The fourth-order valence-electron chi connectivity index (χ4n) is 2.87. The number of H-pyrrole nitrogens is 1. The molecule has 1 saturated heterocycles. The van der Waals surface area contributed by atoms with Gasteiger partial charge in [-0.2, -0.15) is 5.10 Å². The number of piperidine rings is 1. The Hall–Kier alpha value is -1.62. The first kappa shape index (κ1) is 12.4. The third-order valence-corrected chi connectivity index (χ3v) is 3.78. The minimum atomic E-state index is 0.541. The lowest BCUT2D eigenvalue weighted by molar-refractivity contribution is 0.197. The highest BCUT2D eigenvalue weighted by Crippen LogP contribution is 2.25. The van der Waals surface area contributed by atoms with Crippen LogP contribution in [0.25, 0.3) is 0 Å². The van der Waals surface area contributed by atoms with E-state index in [1.807, 2.05) is 24.1 Å². The summed E-state index contributed by atoms with van der Waals surface area (Å²) >= 11 is 0. The highest BCUT2D eigenvalue weighted by atomic mass is 15.2. The number of imidazole rings is 1. The lowest BCUT2D eigenvalue weighted by atomic mass is 9.97. The number of likely N-dealkylation sites (tertiary alicyclic amines) is 1. The van der Waals surface area contributed by atoms with E-state index in [1.165, 1.54) is 24.9 Å². The Labute approximate surface area is 113 Å². The van der Waals surface area contributed by atoms with Gasteiger partial charge in [0.25, 0.3) is 0 Å². The van der Waals surface area contributed by atoms with Crippen LogP contribution < -0.4 is 0 Å². The summed E-state index contributed by atoms with van der Waals surface area (Å²) in [6.45, 7) is 5.31. The van der Waals surface area contributed by atoms with E-state index in [9.17, 15) is 0 Å². The van der Waals surface area contributed by atoms with Gasteiger partial charge in [-0.15, -0.1) is 0 Å². The molecule has 0 amide bonds. The number of rotatable bonds is 3. The molecular formula is C14H21N5. The minimum Gasteiger partial charge on any atom is -0.346 e. The molecule has 0 spiro atoms. The van der Waals surface area contributed by atoms with Gasteiger partial charge in [-0.3, -0.25) is 9.58 Å². The van der Waals surface area contributed by atoms with E-state index in [0.29, 0.717) is 5.92 Å². The van der Waals surface area contributed by atoms with Crippen molar-refractivity contribution < 1.29 is 0 Å². The molecule has 102 valence electrons. The third kappa shape index (κ3) is 2.87. The van der Waals surface area contributed by atoms with E-state index in [-0.39, 0.29) is 0 Å². The number of nitrogens with zero attached hydrogens (tertiary/aromatic N) is 4. The number of hydrogen-bond acceptors (Lipinski definition) is 3. The van der Waals surface area contributed by atoms with E-state index in [1.54, 1.807) is 0 Å². The van der Waals surface area contributed by atoms with Crippen LogP contribution in [0.1, 0.15) is 35.8 Å². The molecule has 0 saturated carbocycles. The summed E-state index contributed by atoms with van der Waals surface area (Å²) in [5.41, 5.74) is 2.44. The number of aromatic amines is 1. The average molecular weight is 259 g/mol. The molecule has 1 N–H and O–H groups in total. The Morgan fingerprint density at radius 3 is 3.00 bits per heavy atom. The second-order valence-corrected chi connectivity index (χ2v) is 5.55. The predicted molar refractivity (Wildman–Crippen MR) is 73.8 cm³/mol. The summed E-state index contributed by atoms with van der Waals surface area (Å²) in [6.07, 6.45) is 8.46. The molecule has 1 aliphatic heterocycles. The van der Waals surface area contributed by atoms with Gasteiger partial charge in [-0.1, -0.05) is 0 Å². The number of aryl methyl sites for hydroxylation is 2. The molecule has 2 aromatic heterocycles. The van der Waals surface area contributed by atoms with Crippen molar-refractivity contribution in [3.8, 4) is 0 Å². The van der Waals surface area contributed by atoms with E-state index in [4.69, 9.17) is 0 Å². The average Bonchev–Trinajstić information content (AvgIpc) is 2.99. The van der Waals surface area contributed by atoms with Crippen molar-refractivity contribution in [1.82, 2.24) is 24.6 Å². The van der Waals surface area contributed by atoms with Crippen LogP contribution in [-0.4, -0.2) is 37.7 Å². The van der Waals surface area contributed by atoms with Gasteiger partial charge < -0.3 is 4.98 Å². The normalized spacial score (nSPS) is 20.8. The smallest absolute Gasteiger partial charge is 0.110 e. The highest BCUT2D eigenvalue weighted by Gasteiger charge is 2.23. The first-order valence-corrected chi connectivity index (χ1v) is 6.92. The molecule has 3 heterocycles. The van der Waals surface area contributed by atoms with Gasteiger partial charge in [-0.25, -0.2) is 4.98 Å². The molecule has 2 aromatic rings. The lowest BCUT2D eigenvalue weighted by Gasteiger charge is -2.31. The van der Waals surface area contributed by atoms with Gasteiger partial charge in [0.1, 0.15) is 5.82 Å². The van der Waals surface area contributed by atoms with Gasteiger partial charge in [-0.05, 0) is 26.3 Å². The summed E-state index contributed by atoms with van der Waals surface area (Å²) in [4.78, 5) is 10.4. The van der Waals surface area contributed by atoms with Crippen molar-refractivity contribution in [3.63, 3.8) is 0 Å². The zero-order chi connectivity index (χ0) is 13.2. The van der Waals surface area contributed by atoms with Crippen molar-refractivity contribution in [2.24, 2.45) is 7.05 Å². The summed E-state index contributed by atoms with van der Waals surface area (Å²) in [7, 11) is 1.97. The van der Waals surface area contributed by atoms with Crippen molar-refractivity contribution in [2.45, 2.75) is 32.2 Å². The quantitative estimate of drug-likeness (QED) is 0.915. The maximum atomic E-state index is 4.49. The maximum Gasteiger partial charge on any atom is 0.110 e. The summed E-state index contributed by atoms with van der Waals surface area (Å²) < 4.78 is 1.87. The molecule has 19 heavy (non-hydrogen) atoms. The minimum absolute atomic E-state index is 0.541. The summed E-state index contributed by atoms with van der Waals surface area (Å²) in [5.74, 6) is 1.69. The molecule has 5 nitrogen and oxygen atoms in total. The zero-order valence-electron chi connectivity index (χ0n) is 11.6. The molecule has 1 fully saturated rings. The summed E-state index contributed by atoms with van der Waals surface area (Å²) in [6, 6.07) is 0. The van der Waals surface area contributed by atoms with Crippen LogP contribution in [0.15, 0.2) is 18.6 Å². The van der Waals surface area contributed by atoms with Crippen molar-refractivity contribution in [3.05, 3.63) is 35.7 Å². The van der Waals surface area contributed by atoms with Crippen molar-refractivity contribution in [2.75, 3.05) is 13.1 Å². The van der Waals surface area contributed by atoms with Crippen molar-refractivity contribution >= 4 is 0 Å². The summed E-state index contributed by atoms with van der Waals surface area (Å²) in [5, 5.41) is 4.23. The van der Waals surface area contributed by atoms with E-state index in [2.05, 4.69) is 33.1 Å². The van der Waals surface area contributed by atoms with Crippen LogP contribution in [0.5, 0.6) is 0 Å². The fraction of sp³-hybridized carbons (Fsp3) is 0.571. The largest absolute Gasteiger partial charge is 0.346 e. The molecule has 5 heteroatoms. The molecule has 0 aromatic carbocycles. The Balaban J connectivity index is 1.64. The van der Waals surface area contributed by atoms with Crippen LogP contribution >= 0.6 is 0 Å². The molecule has 0 bridgehead atoms. The molecular weight excluding hydrogens is 238 g/mol. The Morgan fingerprint density at radius 2 is 2.32 bits per heavy atom. The number of hydrogen-bond donors (Lipinski definition) is 1. The Kier molecular flexibility index (Phi) is 3.38. The lowest BCUT2D eigenvalue weighted by Crippen LogP contribution is -2.34. The van der Waals surface area contributed by atoms with Gasteiger partial charge >= 0.3 is 0 Å². The molecule has 0 radical (unpaired) electrons. The fourth-order valence-corrected chi connectivity index (χ4v) is 2.87. The standard InChI is InChI=1S/C14H21N5/c1-11-6-15-14(17-11)13-4-3-5-19(10-13)9-12-7-16-18(2)8-12/h6-8,13H,3-5,9-10H2,1-2H3,(H,15,17)/t13-/m0/s1. The first-order chi connectivity index (χ1) is 9.20. The second kappa shape index (κ2) is 5.17. The molecule has 0 aliphatic carbocycles. The van der Waals surface area contributed by atoms with Gasteiger partial charge in [0.05, 0.1) is 6.20 Å². The van der Waals surface area contributed by atoms with E-state index >= 15 is 0 Å². The molecule has 1 aliphatic rings. The van der Waals surface area contributed by atoms with Gasteiger partial charge in [0.2, 0.25) is 0 Å².